The van der Waals surface area contributed by atoms with Gasteiger partial charge in [0.05, 0.1) is 53.2 Å². The van der Waals surface area contributed by atoms with Crippen LogP contribution < -0.4 is 15.7 Å². The summed E-state index contributed by atoms with van der Waals surface area (Å²) < 4.78 is 4.88. The third kappa shape index (κ3) is 6.20. The average Bonchev–Trinajstić information content (AvgIpc) is 3.87. The molecule has 0 saturated heterocycles. The number of rotatable bonds is 6. The predicted molar refractivity (Wildman–Crippen MR) is 186 cm³/mol. The van der Waals surface area contributed by atoms with Crippen LogP contribution in [-0.2, 0) is 18.4 Å². The quantitative estimate of drug-likeness (QED) is 0.264. The molecule has 2 atom stereocenters. The molecule has 0 radical (unpaired) electrons. The first-order valence-electron chi connectivity index (χ1n) is 16.2. The molecule has 7 heterocycles. The second-order valence-corrected chi connectivity index (χ2v) is 12.7. The standard InChI is InChI=1S/C34H30ClN13O3/c1-20-5-3-7-30(27-13-21(10-12-36-27)32-28(40-34(20)50)16-39-45(32)2)46-19-38-26(15-31(46)49)24-14-22(35)8-9-29(24)47-17-23(41-43-47)18-51-48-33-25(42-44-48)6-4-11-37-33/h4,6,8-17,19-20,30H,3,5,7,18H2,1-2H3,(H,40,50)/t20-,30+/m1/s1. The fraction of sp³-hybridized carbons (Fsp3) is 0.235. The Kier molecular flexibility index (Phi) is 8.27. The van der Waals surface area contributed by atoms with Crippen LogP contribution in [-0.4, -0.2) is 65.4 Å². The molecule has 16 nitrogen and oxygen atoms in total. The number of aromatic nitrogens is 12. The van der Waals surface area contributed by atoms with E-state index in [1.54, 1.807) is 69.0 Å². The van der Waals surface area contributed by atoms with Crippen LogP contribution in [0, 0.1) is 5.92 Å². The molecular formula is C34H30ClN13O3. The summed E-state index contributed by atoms with van der Waals surface area (Å²) in [5.74, 6) is -0.324. The van der Waals surface area contributed by atoms with Crippen LogP contribution in [0.2, 0.25) is 5.02 Å². The number of hydrogen-bond acceptors (Lipinski definition) is 11. The first-order chi connectivity index (χ1) is 24.8. The van der Waals surface area contributed by atoms with Gasteiger partial charge in [0.2, 0.25) is 11.6 Å². The molecule has 6 aromatic heterocycles. The summed E-state index contributed by atoms with van der Waals surface area (Å²) in [7, 11) is 1.82. The molecule has 17 heteroatoms. The van der Waals surface area contributed by atoms with Gasteiger partial charge in [0, 0.05) is 47.6 Å². The van der Waals surface area contributed by atoms with Gasteiger partial charge in [0.15, 0.2) is 6.61 Å². The van der Waals surface area contributed by atoms with E-state index in [-0.39, 0.29) is 24.0 Å². The molecular weight excluding hydrogens is 674 g/mol. The van der Waals surface area contributed by atoms with Crippen molar-refractivity contribution in [2.24, 2.45) is 13.0 Å². The third-order valence-electron chi connectivity index (χ3n) is 8.86. The molecule has 51 heavy (non-hydrogen) atoms. The van der Waals surface area contributed by atoms with Crippen molar-refractivity contribution in [1.29, 1.82) is 0 Å². The van der Waals surface area contributed by atoms with Crippen LogP contribution in [0.3, 0.4) is 0 Å². The number of carbonyl (C=O) groups is 1. The van der Waals surface area contributed by atoms with Gasteiger partial charge in [0.1, 0.15) is 11.2 Å². The van der Waals surface area contributed by atoms with Crippen molar-refractivity contribution in [2.75, 3.05) is 5.32 Å². The number of anilines is 1. The van der Waals surface area contributed by atoms with Crippen molar-refractivity contribution in [3.63, 3.8) is 0 Å². The number of hydrogen-bond donors (Lipinski definition) is 1. The molecule has 1 aromatic carbocycles. The summed E-state index contributed by atoms with van der Waals surface area (Å²) >= 11 is 6.45. The second-order valence-electron chi connectivity index (χ2n) is 12.3. The Hall–Kier alpha value is -6.29. The van der Waals surface area contributed by atoms with E-state index in [0.29, 0.717) is 69.5 Å². The van der Waals surface area contributed by atoms with Crippen LogP contribution >= 0.6 is 11.6 Å². The zero-order chi connectivity index (χ0) is 35.1. The Bertz CT molecular complexity index is 2470. The summed E-state index contributed by atoms with van der Waals surface area (Å²) in [5, 5.41) is 24.5. The highest BCUT2D eigenvalue weighted by atomic mass is 35.5. The topological polar surface area (TPSA) is 178 Å². The van der Waals surface area contributed by atoms with Gasteiger partial charge in [0.25, 0.3) is 5.56 Å². The van der Waals surface area contributed by atoms with Crippen molar-refractivity contribution in [3.8, 4) is 28.2 Å². The molecule has 1 aliphatic heterocycles. The molecule has 0 spiro atoms. The average molecular weight is 704 g/mol. The van der Waals surface area contributed by atoms with Gasteiger partial charge in [-0.1, -0.05) is 35.0 Å². The maximum absolute atomic E-state index is 14.0. The lowest BCUT2D eigenvalue weighted by Gasteiger charge is -2.22. The lowest BCUT2D eigenvalue weighted by molar-refractivity contribution is -0.119. The van der Waals surface area contributed by atoms with Gasteiger partial charge in [-0.15, -0.1) is 10.2 Å². The minimum absolute atomic E-state index is 0.0498. The van der Waals surface area contributed by atoms with E-state index in [0.717, 1.165) is 11.3 Å². The molecule has 7 aromatic rings. The summed E-state index contributed by atoms with van der Waals surface area (Å²) in [6.07, 6.45) is 10.1. The number of amides is 1. The Morgan fingerprint density at radius 2 is 1.90 bits per heavy atom. The SMILES string of the molecule is C[C@@H]1CCC[C@H](n2cnc(-c3cc(Cl)ccc3-n3cc(COn4nnc5cccnc54)nn3)cc2=O)c2cc(ccn2)-c2c(cnn2C)NC1=O. The Morgan fingerprint density at radius 1 is 1.00 bits per heavy atom. The molecule has 0 fully saturated rings. The Labute approximate surface area is 294 Å². The lowest BCUT2D eigenvalue weighted by Crippen LogP contribution is -2.27. The molecule has 0 saturated carbocycles. The van der Waals surface area contributed by atoms with Crippen molar-refractivity contribution in [1.82, 2.24) is 59.5 Å². The van der Waals surface area contributed by atoms with E-state index in [2.05, 4.69) is 41.0 Å². The maximum Gasteiger partial charge on any atom is 0.254 e. The van der Waals surface area contributed by atoms with Gasteiger partial charge in [-0.05, 0) is 60.5 Å². The molecule has 2 bridgehead atoms. The number of aryl methyl sites for hydroxylation is 1. The van der Waals surface area contributed by atoms with Gasteiger partial charge >= 0.3 is 0 Å². The van der Waals surface area contributed by atoms with Crippen molar-refractivity contribution < 1.29 is 9.63 Å². The summed E-state index contributed by atoms with van der Waals surface area (Å²) in [4.78, 5) is 47.7. The van der Waals surface area contributed by atoms with Gasteiger partial charge in [-0.2, -0.15) is 5.10 Å². The van der Waals surface area contributed by atoms with Crippen molar-refractivity contribution in [2.45, 2.75) is 38.8 Å². The van der Waals surface area contributed by atoms with E-state index in [9.17, 15) is 9.59 Å². The zero-order valence-corrected chi connectivity index (χ0v) is 28.2. The van der Waals surface area contributed by atoms with Crippen LogP contribution in [0.25, 0.3) is 39.4 Å². The van der Waals surface area contributed by atoms with Crippen molar-refractivity contribution in [3.05, 3.63) is 106 Å². The smallest absolute Gasteiger partial charge is 0.254 e. The molecule has 1 N–H and O–H groups in total. The van der Waals surface area contributed by atoms with Crippen LogP contribution in [0.15, 0.2) is 84.4 Å². The monoisotopic (exact) mass is 703 g/mol. The maximum atomic E-state index is 14.0. The molecule has 1 amide bonds. The molecule has 256 valence electrons. The number of halogens is 1. The van der Waals surface area contributed by atoms with E-state index in [4.69, 9.17) is 21.4 Å². The van der Waals surface area contributed by atoms with E-state index in [1.807, 2.05) is 26.1 Å². The summed E-state index contributed by atoms with van der Waals surface area (Å²) in [5.41, 5.74) is 5.81. The Morgan fingerprint density at radius 3 is 2.78 bits per heavy atom. The van der Waals surface area contributed by atoms with Crippen LogP contribution in [0.5, 0.6) is 0 Å². The van der Waals surface area contributed by atoms with E-state index < -0.39 is 6.04 Å². The number of carbonyl (C=O) groups excluding carboxylic acids is 1. The minimum atomic E-state index is -0.431. The summed E-state index contributed by atoms with van der Waals surface area (Å²) in [6.45, 7) is 1.95. The number of benzene rings is 1. The van der Waals surface area contributed by atoms with Gasteiger partial charge in [-0.3, -0.25) is 23.8 Å². The molecule has 8 rings (SSSR count). The minimum Gasteiger partial charge on any atom is -0.387 e. The molecule has 1 aliphatic rings. The largest absolute Gasteiger partial charge is 0.387 e. The number of fused-ring (bicyclic) bond motifs is 5. The number of nitrogens with one attached hydrogen (secondary N) is 1. The van der Waals surface area contributed by atoms with Crippen LogP contribution in [0.1, 0.15) is 43.6 Å². The highest BCUT2D eigenvalue weighted by Crippen LogP contribution is 2.33. The molecule has 0 unspecified atom stereocenters. The first-order valence-corrected chi connectivity index (χ1v) is 16.6. The molecule has 0 aliphatic carbocycles. The first kappa shape index (κ1) is 31.9. The Balaban J connectivity index is 1.11. The fourth-order valence-electron chi connectivity index (χ4n) is 6.23. The van der Waals surface area contributed by atoms with Gasteiger partial charge in [-0.25, -0.2) is 14.6 Å². The van der Waals surface area contributed by atoms with Crippen LogP contribution in [0.4, 0.5) is 5.69 Å². The van der Waals surface area contributed by atoms with Crippen molar-refractivity contribution >= 4 is 34.4 Å². The van der Waals surface area contributed by atoms with E-state index >= 15 is 0 Å². The highest BCUT2D eigenvalue weighted by Gasteiger charge is 2.24. The third-order valence-corrected chi connectivity index (χ3v) is 9.10. The normalized spacial score (nSPS) is 16.3. The second kappa shape index (κ2) is 13.2. The zero-order valence-electron chi connectivity index (χ0n) is 27.5. The summed E-state index contributed by atoms with van der Waals surface area (Å²) in [6, 6.07) is 13.6. The lowest BCUT2D eigenvalue weighted by atomic mass is 9.97. The number of nitrogens with zero attached hydrogens (tertiary/aromatic N) is 12. The van der Waals surface area contributed by atoms with Gasteiger partial charge < -0.3 is 10.2 Å². The fourth-order valence-corrected chi connectivity index (χ4v) is 6.40. The highest BCUT2D eigenvalue weighted by molar-refractivity contribution is 6.31. The number of pyridine rings is 2. The van der Waals surface area contributed by atoms with E-state index in [1.165, 1.54) is 17.2 Å². The predicted octanol–water partition coefficient (Wildman–Crippen LogP) is 4.06.